The van der Waals surface area contributed by atoms with Crippen LogP contribution in [0.4, 0.5) is 17.1 Å². The van der Waals surface area contributed by atoms with E-state index in [1.165, 1.54) is 0 Å². The normalized spacial score (nSPS) is 21.1. The van der Waals surface area contributed by atoms with E-state index in [4.69, 9.17) is 4.74 Å². The van der Waals surface area contributed by atoms with Crippen LogP contribution in [0.1, 0.15) is 12.0 Å². The Bertz CT molecular complexity index is 860. The molecule has 1 aliphatic heterocycles. The fourth-order valence-electron chi connectivity index (χ4n) is 3.53. The Labute approximate surface area is 164 Å². The molecule has 2 aromatic rings. The number of nitrogens with one attached hydrogen (secondary N) is 2. The third-order valence-electron chi connectivity index (χ3n) is 5.30. The lowest BCUT2D eigenvalue weighted by Crippen LogP contribution is -2.36. The van der Waals surface area contributed by atoms with E-state index in [1.807, 2.05) is 55.5 Å². The van der Waals surface area contributed by atoms with E-state index >= 15 is 0 Å². The van der Waals surface area contributed by atoms with Gasteiger partial charge in [0.1, 0.15) is 0 Å². The van der Waals surface area contributed by atoms with E-state index in [-0.39, 0.29) is 23.7 Å². The zero-order chi connectivity index (χ0) is 19.5. The van der Waals surface area contributed by atoms with Crippen molar-refractivity contribution in [1.29, 1.82) is 0 Å². The number of aryl methyl sites for hydroxylation is 1. The van der Waals surface area contributed by atoms with Crippen molar-refractivity contribution in [2.45, 2.75) is 13.3 Å². The summed E-state index contributed by atoms with van der Waals surface area (Å²) in [7, 11) is 0. The SMILES string of the molecule is Cc1ccc(NC(=O)C2CC2C(=O)Nc2ccccc2N2CCOCC2)cc1. The number of hydrogen-bond donors (Lipinski definition) is 2. The summed E-state index contributed by atoms with van der Waals surface area (Å²) in [6.07, 6.45) is 0.587. The van der Waals surface area contributed by atoms with E-state index in [0.29, 0.717) is 19.6 Å². The van der Waals surface area contributed by atoms with Crippen molar-refractivity contribution in [3.05, 3.63) is 54.1 Å². The van der Waals surface area contributed by atoms with Gasteiger partial charge in [0.05, 0.1) is 36.4 Å². The van der Waals surface area contributed by atoms with Gasteiger partial charge >= 0.3 is 0 Å². The summed E-state index contributed by atoms with van der Waals surface area (Å²) >= 11 is 0. The lowest BCUT2D eigenvalue weighted by Gasteiger charge is -2.30. The number of amides is 2. The highest BCUT2D eigenvalue weighted by Crippen LogP contribution is 2.41. The van der Waals surface area contributed by atoms with Gasteiger partial charge in [0.2, 0.25) is 11.8 Å². The van der Waals surface area contributed by atoms with Crippen LogP contribution in [0.15, 0.2) is 48.5 Å². The van der Waals surface area contributed by atoms with Crippen LogP contribution in [0.3, 0.4) is 0 Å². The Hall–Kier alpha value is -2.86. The summed E-state index contributed by atoms with van der Waals surface area (Å²) in [5.74, 6) is -0.727. The van der Waals surface area contributed by atoms with Crippen LogP contribution in [0, 0.1) is 18.8 Å². The van der Waals surface area contributed by atoms with Crippen LogP contribution in [-0.2, 0) is 14.3 Å². The average Bonchev–Trinajstić information content (AvgIpc) is 3.52. The second kappa shape index (κ2) is 8.02. The fourth-order valence-corrected chi connectivity index (χ4v) is 3.53. The number of morpholine rings is 1. The van der Waals surface area contributed by atoms with Crippen molar-refractivity contribution < 1.29 is 14.3 Å². The van der Waals surface area contributed by atoms with E-state index in [2.05, 4.69) is 15.5 Å². The summed E-state index contributed by atoms with van der Waals surface area (Å²) in [6.45, 7) is 4.98. The second-order valence-corrected chi connectivity index (χ2v) is 7.41. The minimum atomic E-state index is -0.275. The summed E-state index contributed by atoms with van der Waals surface area (Å²) in [6, 6.07) is 15.5. The Balaban J connectivity index is 1.36. The van der Waals surface area contributed by atoms with Crippen LogP contribution in [-0.4, -0.2) is 38.1 Å². The summed E-state index contributed by atoms with van der Waals surface area (Å²) in [4.78, 5) is 27.3. The Kier molecular flexibility index (Phi) is 5.30. The topological polar surface area (TPSA) is 70.7 Å². The molecule has 1 saturated carbocycles. The van der Waals surface area contributed by atoms with E-state index in [1.54, 1.807) is 0 Å². The van der Waals surface area contributed by atoms with E-state index in [0.717, 1.165) is 35.7 Å². The van der Waals surface area contributed by atoms with Gasteiger partial charge in [-0.15, -0.1) is 0 Å². The molecule has 4 rings (SSSR count). The zero-order valence-corrected chi connectivity index (χ0v) is 16.0. The molecule has 1 heterocycles. The van der Waals surface area contributed by atoms with Crippen molar-refractivity contribution in [2.24, 2.45) is 11.8 Å². The first kappa shape index (κ1) is 18.5. The van der Waals surface area contributed by atoms with Gasteiger partial charge in [-0.05, 0) is 37.6 Å². The first-order valence-electron chi connectivity index (χ1n) is 9.72. The molecule has 2 atom stereocenters. The van der Waals surface area contributed by atoms with Gasteiger partial charge in [-0.1, -0.05) is 29.8 Å². The van der Waals surface area contributed by atoms with Gasteiger partial charge in [-0.25, -0.2) is 0 Å². The number of anilines is 3. The van der Waals surface area contributed by atoms with Crippen molar-refractivity contribution >= 4 is 28.9 Å². The predicted molar refractivity (Wildman–Crippen MR) is 110 cm³/mol. The molecule has 0 spiro atoms. The molecule has 146 valence electrons. The van der Waals surface area contributed by atoms with Crippen LogP contribution < -0.4 is 15.5 Å². The first-order chi connectivity index (χ1) is 13.6. The molecule has 2 aromatic carbocycles. The number of ether oxygens (including phenoxy) is 1. The monoisotopic (exact) mass is 379 g/mol. The Morgan fingerprint density at radius 3 is 2.29 bits per heavy atom. The standard InChI is InChI=1S/C22H25N3O3/c1-15-6-8-16(9-7-15)23-21(26)17-14-18(17)22(27)24-19-4-2-3-5-20(19)25-10-12-28-13-11-25/h2-9,17-18H,10-14H2,1H3,(H,23,26)(H,24,27). The van der Waals surface area contributed by atoms with Gasteiger partial charge < -0.3 is 20.3 Å². The third-order valence-corrected chi connectivity index (χ3v) is 5.30. The van der Waals surface area contributed by atoms with Crippen LogP contribution >= 0.6 is 0 Å². The van der Waals surface area contributed by atoms with Crippen LogP contribution in [0.5, 0.6) is 0 Å². The van der Waals surface area contributed by atoms with E-state index in [9.17, 15) is 9.59 Å². The molecular weight excluding hydrogens is 354 g/mol. The maximum atomic E-state index is 12.7. The predicted octanol–water partition coefficient (Wildman–Crippen LogP) is 3.04. The lowest BCUT2D eigenvalue weighted by molar-refractivity contribution is -0.122. The smallest absolute Gasteiger partial charge is 0.228 e. The fraction of sp³-hybridized carbons (Fsp3) is 0.364. The van der Waals surface area contributed by atoms with Crippen molar-refractivity contribution in [3.63, 3.8) is 0 Å². The molecule has 6 heteroatoms. The summed E-state index contributed by atoms with van der Waals surface area (Å²) in [5.41, 5.74) is 3.69. The maximum absolute atomic E-state index is 12.7. The molecule has 1 saturated heterocycles. The molecule has 6 nitrogen and oxygen atoms in total. The van der Waals surface area contributed by atoms with Gasteiger partial charge in [0.15, 0.2) is 0 Å². The Morgan fingerprint density at radius 2 is 1.57 bits per heavy atom. The molecule has 2 fully saturated rings. The molecule has 2 amide bonds. The third kappa shape index (κ3) is 4.17. The molecule has 2 N–H and O–H groups in total. The minimum absolute atomic E-state index is 0.0922. The molecule has 28 heavy (non-hydrogen) atoms. The van der Waals surface area contributed by atoms with Crippen molar-refractivity contribution in [1.82, 2.24) is 0 Å². The molecular formula is C22H25N3O3. The number of benzene rings is 2. The minimum Gasteiger partial charge on any atom is -0.378 e. The number of para-hydroxylation sites is 2. The summed E-state index contributed by atoms with van der Waals surface area (Å²) < 4.78 is 5.41. The second-order valence-electron chi connectivity index (χ2n) is 7.41. The van der Waals surface area contributed by atoms with Gasteiger partial charge in [0, 0.05) is 18.8 Å². The highest BCUT2D eigenvalue weighted by atomic mass is 16.5. The highest BCUT2D eigenvalue weighted by molar-refractivity contribution is 6.04. The molecule has 0 bridgehead atoms. The number of carbonyl (C=O) groups is 2. The number of carbonyl (C=O) groups excluding carboxylic acids is 2. The van der Waals surface area contributed by atoms with Gasteiger partial charge in [0.25, 0.3) is 0 Å². The number of nitrogens with zero attached hydrogens (tertiary/aromatic N) is 1. The van der Waals surface area contributed by atoms with Gasteiger partial charge in [-0.3, -0.25) is 9.59 Å². The van der Waals surface area contributed by atoms with Crippen molar-refractivity contribution in [2.75, 3.05) is 41.8 Å². The largest absolute Gasteiger partial charge is 0.378 e. The average molecular weight is 379 g/mol. The molecule has 0 aromatic heterocycles. The maximum Gasteiger partial charge on any atom is 0.228 e. The van der Waals surface area contributed by atoms with Crippen LogP contribution in [0.25, 0.3) is 0 Å². The number of rotatable bonds is 5. The van der Waals surface area contributed by atoms with Crippen molar-refractivity contribution in [3.8, 4) is 0 Å². The molecule has 0 radical (unpaired) electrons. The molecule has 1 aliphatic carbocycles. The molecule has 2 aliphatic rings. The Morgan fingerprint density at radius 1 is 0.929 bits per heavy atom. The first-order valence-corrected chi connectivity index (χ1v) is 9.72. The van der Waals surface area contributed by atoms with Crippen LogP contribution in [0.2, 0.25) is 0 Å². The summed E-state index contributed by atoms with van der Waals surface area (Å²) in [5, 5.41) is 5.93. The highest BCUT2D eigenvalue weighted by Gasteiger charge is 2.48. The lowest BCUT2D eigenvalue weighted by atomic mass is 10.2. The van der Waals surface area contributed by atoms with Gasteiger partial charge in [-0.2, -0.15) is 0 Å². The zero-order valence-electron chi connectivity index (χ0n) is 16.0. The molecule has 2 unspecified atom stereocenters. The quantitative estimate of drug-likeness (QED) is 0.838. The number of hydrogen-bond acceptors (Lipinski definition) is 4. The van der Waals surface area contributed by atoms with E-state index < -0.39 is 0 Å².